The van der Waals surface area contributed by atoms with Crippen LogP contribution in [-0.4, -0.2) is 19.6 Å². The minimum Gasteiger partial charge on any atom is -0.467 e. The highest BCUT2D eigenvalue weighted by Gasteiger charge is 2.27. The van der Waals surface area contributed by atoms with Gasteiger partial charge in [-0.2, -0.15) is 13.2 Å². The number of hydrogen-bond donors (Lipinski definition) is 1. The molecule has 18 heavy (non-hydrogen) atoms. The summed E-state index contributed by atoms with van der Waals surface area (Å²) >= 11 is 0. The SMILES string of the molecule is NC1CCc2c(OCOCC(F)(F)F)cccc21. The molecule has 1 aromatic rings. The van der Waals surface area contributed by atoms with Crippen LogP contribution in [0.25, 0.3) is 0 Å². The van der Waals surface area contributed by atoms with Crippen molar-refractivity contribution in [3.8, 4) is 5.75 Å². The molecule has 1 atom stereocenters. The smallest absolute Gasteiger partial charge is 0.411 e. The largest absolute Gasteiger partial charge is 0.467 e. The molecule has 1 aliphatic carbocycles. The van der Waals surface area contributed by atoms with Crippen LogP contribution in [0.2, 0.25) is 0 Å². The van der Waals surface area contributed by atoms with Crippen molar-refractivity contribution in [2.75, 3.05) is 13.4 Å². The molecule has 0 amide bonds. The highest BCUT2D eigenvalue weighted by Crippen LogP contribution is 2.35. The van der Waals surface area contributed by atoms with Crippen LogP contribution in [-0.2, 0) is 11.2 Å². The molecule has 1 aliphatic rings. The molecule has 0 heterocycles. The zero-order valence-corrected chi connectivity index (χ0v) is 9.67. The number of rotatable bonds is 4. The molecule has 0 fully saturated rings. The van der Waals surface area contributed by atoms with E-state index in [1.807, 2.05) is 6.07 Å². The molecular weight excluding hydrogens is 247 g/mol. The number of halogens is 3. The summed E-state index contributed by atoms with van der Waals surface area (Å²) in [5.74, 6) is 0.558. The monoisotopic (exact) mass is 261 g/mol. The summed E-state index contributed by atoms with van der Waals surface area (Å²) in [4.78, 5) is 0. The van der Waals surface area contributed by atoms with Crippen molar-refractivity contribution in [2.24, 2.45) is 5.73 Å². The molecule has 0 spiro atoms. The van der Waals surface area contributed by atoms with Crippen molar-refractivity contribution in [1.82, 2.24) is 0 Å². The molecule has 6 heteroatoms. The molecule has 2 N–H and O–H groups in total. The lowest BCUT2D eigenvalue weighted by Gasteiger charge is -2.12. The Kier molecular flexibility index (Phi) is 3.77. The average Bonchev–Trinajstić information content (AvgIpc) is 2.67. The van der Waals surface area contributed by atoms with E-state index >= 15 is 0 Å². The summed E-state index contributed by atoms with van der Waals surface area (Å²) in [5, 5.41) is 0. The minimum absolute atomic E-state index is 0.0142. The Hall–Kier alpha value is -1.27. The first-order chi connectivity index (χ1) is 8.47. The van der Waals surface area contributed by atoms with Crippen molar-refractivity contribution >= 4 is 0 Å². The number of benzene rings is 1. The first-order valence-corrected chi connectivity index (χ1v) is 5.62. The van der Waals surface area contributed by atoms with Gasteiger partial charge in [-0.1, -0.05) is 12.1 Å². The van der Waals surface area contributed by atoms with E-state index in [9.17, 15) is 13.2 Å². The number of fused-ring (bicyclic) bond motifs is 1. The summed E-state index contributed by atoms with van der Waals surface area (Å²) in [7, 11) is 0. The van der Waals surface area contributed by atoms with E-state index in [-0.39, 0.29) is 6.04 Å². The third kappa shape index (κ3) is 3.14. The number of ether oxygens (including phenoxy) is 2. The third-order valence-electron chi connectivity index (χ3n) is 2.84. The van der Waals surface area contributed by atoms with E-state index in [4.69, 9.17) is 10.5 Å². The minimum atomic E-state index is -4.33. The molecule has 0 aliphatic heterocycles. The van der Waals surface area contributed by atoms with Gasteiger partial charge in [-0.15, -0.1) is 0 Å². The van der Waals surface area contributed by atoms with Gasteiger partial charge in [0.15, 0.2) is 6.79 Å². The molecular formula is C12H14F3NO2. The lowest BCUT2D eigenvalue weighted by atomic mass is 10.1. The Morgan fingerprint density at radius 3 is 2.83 bits per heavy atom. The van der Waals surface area contributed by atoms with Gasteiger partial charge in [0.1, 0.15) is 12.4 Å². The fraction of sp³-hybridized carbons (Fsp3) is 0.500. The van der Waals surface area contributed by atoms with Gasteiger partial charge in [-0.25, -0.2) is 0 Å². The Morgan fingerprint density at radius 1 is 1.33 bits per heavy atom. The quantitative estimate of drug-likeness (QED) is 0.669. The van der Waals surface area contributed by atoms with Gasteiger partial charge in [0.05, 0.1) is 0 Å². The molecule has 3 nitrogen and oxygen atoms in total. The molecule has 100 valence electrons. The standard InChI is InChI=1S/C12H14F3NO2/c13-12(14,15)6-17-7-18-11-3-1-2-8-9(11)4-5-10(8)16/h1-3,10H,4-7,16H2. The predicted molar refractivity (Wildman–Crippen MR) is 59.2 cm³/mol. The second kappa shape index (κ2) is 5.16. The third-order valence-corrected chi connectivity index (χ3v) is 2.84. The Morgan fingerprint density at radius 2 is 2.11 bits per heavy atom. The molecule has 2 rings (SSSR count). The van der Waals surface area contributed by atoms with Crippen molar-refractivity contribution in [3.05, 3.63) is 29.3 Å². The average molecular weight is 261 g/mol. The lowest BCUT2D eigenvalue weighted by Crippen LogP contribution is -2.19. The predicted octanol–water partition coefficient (Wildman–Crippen LogP) is 2.55. The van der Waals surface area contributed by atoms with E-state index < -0.39 is 19.6 Å². The first-order valence-electron chi connectivity index (χ1n) is 5.62. The van der Waals surface area contributed by atoms with Crippen LogP contribution in [0.4, 0.5) is 13.2 Å². The van der Waals surface area contributed by atoms with Gasteiger partial charge in [-0.05, 0) is 30.0 Å². The molecule has 0 bridgehead atoms. The van der Waals surface area contributed by atoms with E-state index in [0.717, 1.165) is 24.0 Å². The van der Waals surface area contributed by atoms with Crippen molar-refractivity contribution < 1.29 is 22.6 Å². The number of nitrogens with two attached hydrogens (primary N) is 1. The van der Waals surface area contributed by atoms with Gasteiger partial charge in [0, 0.05) is 6.04 Å². The Bertz CT molecular complexity index is 420. The zero-order chi connectivity index (χ0) is 13.2. The second-order valence-electron chi connectivity index (χ2n) is 4.19. The van der Waals surface area contributed by atoms with Gasteiger partial charge < -0.3 is 15.2 Å². The van der Waals surface area contributed by atoms with E-state index in [0.29, 0.717) is 5.75 Å². The molecule has 1 unspecified atom stereocenters. The highest BCUT2D eigenvalue weighted by molar-refractivity contribution is 5.44. The second-order valence-corrected chi connectivity index (χ2v) is 4.19. The highest BCUT2D eigenvalue weighted by atomic mass is 19.4. The van der Waals surface area contributed by atoms with Gasteiger partial charge in [-0.3, -0.25) is 0 Å². The topological polar surface area (TPSA) is 44.5 Å². The summed E-state index contributed by atoms with van der Waals surface area (Å²) in [6.45, 7) is -1.72. The Labute approximate surface area is 103 Å². The van der Waals surface area contributed by atoms with Crippen LogP contribution in [0, 0.1) is 0 Å². The van der Waals surface area contributed by atoms with Crippen molar-refractivity contribution in [1.29, 1.82) is 0 Å². The van der Waals surface area contributed by atoms with Gasteiger partial charge in [0.25, 0.3) is 0 Å². The molecule has 0 radical (unpaired) electrons. The van der Waals surface area contributed by atoms with E-state index in [2.05, 4.69) is 4.74 Å². The fourth-order valence-electron chi connectivity index (χ4n) is 2.05. The number of alkyl halides is 3. The molecule has 0 saturated heterocycles. The lowest BCUT2D eigenvalue weighted by molar-refractivity contribution is -0.186. The first kappa shape index (κ1) is 13.2. The maximum Gasteiger partial charge on any atom is 0.411 e. The zero-order valence-electron chi connectivity index (χ0n) is 9.67. The maximum absolute atomic E-state index is 11.9. The van der Waals surface area contributed by atoms with Crippen LogP contribution >= 0.6 is 0 Å². The maximum atomic E-state index is 11.9. The summed E-state index contributed by atoms with van der Waals surface area (Å²) in [5.41, 5.74) is 7.87. The fourth-order valence-corrected chi connectivity index (χ4v) is 2.05. The van der Waals surface area contributed by atoms with Crippen LogP contribution in [0.1, 0.15) is 23.6 Å². The van der Waals surface area contributed by atoms with Crippen molar-refractivity contribution in [3.63, 3.8) is 0 Å². The van der Waals surface area contributed by atoms with Crippen LogP contribution in [0.3, 0.4) is 0 Å². The van der Waals surface area contributed by atoms with Gasteiger partial charge >= 0.3 is 6.18 Å². The summed E-state index contributed by atoms with van der Waals surface area (Å²) < 4.78 is 45.2. The summed E-state index contributed by atoms with van der Waals surface area (Å²) in [6.07, 6.45) is -2.71. The molecule has 1 aromatic carbocycles. The van der Waals surface area contributed by atoms with E-state index in [1.54, 1.807) is 12.1 Å². The Balaban J connectivity index is 1.91. The van der Waals surface area contributed by atoms with Crippen LogP contribution in [0.5, 0.6) is 5.75 Å². The van der Waals surface area contributed by atoms with Gasteiger partial charge in [0.2, 0.25) is 0 Å². The van der Waals surface area contributed by atoms with E-state index in [1.165, 1.54) is 0 Å². The summed E-state index contributed by atoms with van der Waals surface area (Å²) in [6, 6.07) is 5.40. The normalized spacial score (nSPS) is 18.8. The van der Waals surface area contributed by atoms with Crippen molar-refractivity contribution in [2.45, 2.75) is 25.1 Å². The number of hydrogen-bond acceptors (Lipinski definition) is 3. The molecule has 0 aromatic heterocycles. The molecule has 0 saturated carbocycles. The van der Waals surface area contributed by atoms with Crippen LogP contribution in [0.15, 0.2) is 18.2 Å². The van der Waals surface area contributed by atoms with Crippen LogP contribution < -0.4 is 10.5 Å².